The molecule has 296 valence electrons. The molecule has 1 aromatic heterocycles. The number of aromatic nitrogens is 2. The zero-order valence-electron chi connectivity index (χ0n) is 32.7. The number of hydrogen-bond donors (Lipinski definition) is 2. The van der Waals surface area contributed by atoms with Gasteiger partial charge in [-0.15, -0.1) is 0 Å². The number of imidazole rings is 1. The van der Waals surface area contributed by atoms with Gasteiger partial charge < -0.3 is 44.0 Å². The molecule has 1 aliphatic heterocycles. The Morgan fingerprint density at radius 3 is 2.38 bits per heavy atom. The lowest BCUT2D eigenvalue weighted by Gasteiger charge is -2.33. The van der Waals surface area contributed by atoms with Crippen molar-refractivity contribution in [2.24, 2.45) is 41.9 Å². The first-order valence-corrected chi connectivity index (χ1v) is 18.1. The molecule has 3 amide bonds. The number of nitrogens with two attached hydrogens (primary N) is 1. The average Bonchev–Trinajstić information content (AvgIpc) is 3.72. The molecule has 15 heteroatoms. The summed E-state index contributed by atoms with van der Waals surface area (Å²) in [5.74, 6) is -0.434. The van der Waals surface area contributed by atoms with Gasteiger partial charge in [-0.3, -0.25) is 14.5 Å². The smallest absolute Gasteiger partial charge is 0.414 e. The fraction of sp³-hybridized carbons (Fsp3) is 0.658. The van der Waals surface area contributed by atoms with Crippen molar-refractivity contribution in [3.05, 3.63) is 42.0 Å². The van der Waals surface area contributed by atoms with Crippen LogP contribution in [-0.4, -0.2) is 98.0 Å². The van der Waals surface area contributed by atoms with Gasteiger partial charge in [-0.05, 0) is 68.6 Å². The highest BCUT2D eigenvalue weighted by molar-refractivity contribution is 5.85. The molecule has 1 saturated heterocycles. The molecule has 4 atom stereocenters. The zero-order valence-corrected chi connectivity index (χ0v) is 32.7. The lowest BCUT2D eigenvalue weighted by atomic mass is 9.80. The van der Waals surface area contributed by atoms with Crippen molar-refractivity contribution >= 4 is 23.9 Å². The van der Waals surface area contributed by atoms with E-state index in [0.717, 1.165) is 12.0 Å². The van der Waals surface area contributed by atoms with E-state index < -0.39 is 48.2 Å². The minimum absolute atomic E-state index is 0.0678. The van der Waals surface area contributed by atoms with E-state index >= 15 is 0 Å². The van der Waals surface area contributed by atoms with Crippen LogP contribution in [0.5, 0.6) is 11.5 Å². The van der Waals surface area contributed by atoms with Gasteiger partial charge in [0, 0.05) is 52.0 Å². The number of carbonyl (C=O) groups excluding carboxylic acids is 4. The fourth-order valence-corrected chi connectivity index (χ4v) is 6.13. The minimum atomic E-state index is -0.926. The highest BCUT2D eigenvalue weighted by Crippen LogP contribution is 2.36. The first-order chi connectivity index (χ1) is 25.1. The summed E-state index contributed by atoms with van der Waals surface area (Å²) in [6, 6.07) is 5.41. The van der Waals surface area contributed by atoms with Crippen molar-refractivity contribution in [3.63, 3.8) is 0 Å². The van der Waals surface area contributed by atoms with Crippen LogP contribution in [0, 0.1) is 29.1 Å². The van der Waals surface area contributed by atoms with Crippen molar-refractivity contribution in [2.75, 3.05) is 47.5 Å². The second kappa shape index (κ2) is 20.2. The molecule has 0 saturated carbocycles. The van der Waals surface area contributed by atoms with Gasteiger partial charge >= 0.3 is 12.1 Å². The quantitative estimate of drug-likeness (QED) is 0.106. The molecule has 0 bridgehead atoms. The van der Waals surface area contributed by atoms with E-state index in [4.69, 9.17) is 34.2 Å². The molecule has 0 aliphatic carbocycles. The van der Waals surface area contributed by atoms with E-state index in [1.165, 1.54) is 15.7 Å². The molecule has 3 N–H and O–H groups in total. The molecule has 15 nitrogen and oxygen atoms in total. The minimum Gasteiger partial charge on any atom is -0.493 e. The summed E-state index contributed by atoms with van der Waals surface area (Å²) < 4.78 is 35.1. The zero-order chi connectivity index (χ0) is 39.3. The molecule has 0 radical (unpaired) electrons. The highest BCUT2D eigenvalue weighted by atomic mass is 16.7. The third-order valence-corrected chi connectivity index (χ3v) is 9.83. The summed E-state index contributed by atoms with van der Waals surface area (Å²) in [6.45, 7) is 12.0. The summed E-state index contributed by atoms with van der Waals surface area (Å²) in [6.07, 6.45) is 4.08. The van der Waals surface area contributed by atoms with Crippen LogP contribution < -0.4 is 20.5 Å². The van der Waals surface area contributed by atoms with Crippen molar-refractivity contribution in [1.29, 1.82) is 0 Å². The Morgan fingerprint density at radius 2 is 1.77 bits per heavy atom. The van der Waals surface area contributed by atoms with E-state index in [9.17, 15) is 19.2 Å². The SMILES string of the molecule is COCCCOc1cc(C[C@@H](C[C@H]2[C@H](C[C@H](C(=O)NCC(C)(C)C(N)=O)C(C)C)OCN2C(=O)OCOC(=O)c2nccn2C)C(C)C)ccc1OC. The molecule has 1 aliphatic rings. The number of carbonyl (C=O) groups is 4. The summed E-state index contributed by atoms with van der Waals surface area (Å²) in [5.41, 5.74) is 5.65. The van der Waals surface area contributed by atoms with Crippen molar-refractivity contribution in [2.45, 2.75) is 79.4 Å². The number of benzene rings is 1. The topological polar surface area (TPSA) is 183 Å². The molecule has 1 fully saturated rings. The van der Waals surface area contributed by atoms with Crippen LogP contribution in [0.15, 0.2) is 30.6 Å². The molecular weight excluding hydrogens is 686 g/mol. The van der Waals surface area contributed by atoms with Gasteiger partial charge in [0.25, 0.3) is 0 Å². The first-order valence-electron chi connectivity index (χ1n) is 18.1. The van der Waals surface area contributed by atoms with Crippen molar-refractivity contribution in [3.8, 4) is 11.5 Å². The molecule has 0 unspecified atom stereocenters. The van der Waals surface area contributed by atoms with Gasteiger partial charge in [0.2, 0.25) is 24.4 Å². The summed E-state index contributed by atoms with van der Waals surface area (Å²) >= 11 is 0. The molecular formula is C38H59N5O10. The van der Waals surface area contributed by atoms with Crippen LogP contribution in [-0.2, 0) is 42.0 Å². The fourth-order valence-electron chi connectivity index (χ4n) is 6.13. The number of primary amides is 1. The van der Waals surface area contributed by atoms with E-state index in [-0.39, 0.29) is 42.8 Å². The Morgan fingerprint density at radius 1 is 1.04 bits per heavy atom. The van der Waals surface area contributed by atoms with Gasteiger partial charge in [-0.2, -0.15) is 0 Å². The van der Waals surface area contributed by atoms with Gasteiger partial charge in [0.15, 0.2) is 11.5 Å². The number of rotatable bonds is 21. The number of methoxy groups -OCH3 is 2. The molecule has 53 heavy (non-hydrogen) atoms. The van der Waals surface area contributed by atoms with Gasteiger partial charge in [-0.25, -0.2) is 14.6 Å². The predicted molar refractivity (Wildman–Crippen MR) is 196 cm³/mol. The van der Waals surface area contributed by atoms with Gasteiger partial charge in [-0.1, -0.05) is 33.8 Å². The summed E-state index contributed by atoms with van der Waals surface area (Å²) in [4.78, 5) is 57.0. The number of esters is 1. The normalized spacial score (nSPS) is 17.1. The van der Waals surface area contributed by atoms with Crippen LogP contribution in [0.4, 0.5) is 4.79 Å². The lowest BCUT2D eigenvalue weighted by molar-refractivity contribution is -0.130. The van der Waals surface area contributed by atoms with Crippen LogP contribution >= 0.6 is 0 Å². The van der Waals surface area contributed by atoms with Crippen molar-refractivity contribution < 1.29 is 47.6 Å². The summed E-state index contributed by atoms with van der Waals surface area (Å²) in [7, 11) is 4.90. The number of aryl methyl sites for hydroxylation is 1. The Bertz CT molecular complexity index is 1510. The maximum Gasteiger partial charge on any atom is 0.414 e. The third-order valence-electron chi connectivity index (χ3n) is 9.83. The number of amides is 3. The van der Waals surface area contributed by atoms with E-state index in [2.05, 4.69) is 24.1 Å². The van der Waals surface area contributed by atoms with Crippen LogP contribution in [0.3, 0.4) is 0 Å². The second-order valence-corrected chi connectivity index (χ2v) is 14.9. The van der Waals surface area contributed by atoms with Gasteiger partial charge in [0.1, 0.15) is 6.73 Å². The van der Waals surface area contributed by atoms with Crippen LogP contribution in [0.1, 0.15) is 77.0 Å². The monoisotopic (exact) mass is 745 g/mol. The average molecular weight is 746 g/mol. The molecule has 3 rings (SSSR count). The molecule has 1 aromatic carbocycles. The molecule has 2 heterocycles. The maximum absolute atomic E-state index is 13.6. The number of ether oxygens (including phenoxy) is 6. The molecule has 2 aromatic rings. The van der Waals surface area contributed by atoms with Crippen molar-refractivity contribution in [1.82, 2.24) is 19.8 Å². The Hall–Kier alpha value is -4.37. The van der Waals surface area contributed by atoms with Crippen LogP contribution in [0.25, 0.3) is 0 Å². The number of hydrogen-bond acceptors (Lipinski definition) is 11. The number of nitrogens with zero attached hydrogens (tertiary/aromatic N) is 3. The largest absolute Gasteiger partial charge is 0.493 e. The lowest BCUT2D eigenvalue weighted by Crippen LogP contribution is -2.47. The van der Waals surface area contributed by atoms with E-state index in [1.54, 1.807) is 41.3 Å². The second-order valence-electron chi connectivity index (χ2n) is 14.9. The number of nitrogens with one attached hydrogen (secondary N) is 1. The van der Waals surface area contributed by atoms with Gasteiger partial charge in [0.05, 0.1) is 31.3 Å². The molecule has 0 spiro atoms. The Kier molecular flexibility index (Phi) is 16.4. The summed E-state index contributed by atoms with van der Waals surface area (Å²) in [5, 5.41) is 2.91. The van der Waals surface area contributed by atoms with E-state index in [1.807, 2.05) is 32.0 Å². The van der Waals surface area contributed by atoms with Crippen LogP contribution in [0.2, 0.25) is 0 Å². The maximum atomic E-state index is 13.6. The predicted octanol–water partition coefficient (Wildman–Crippen LogP) is 4.32. The third kappa shape index (κ3) is 12.3. The Balaban J connectivity index is 1.84. The Labute approximate surface area is 313 Å². The standard InChI is InChI=1S/C38H59N5O10/c1-24(2)27(17-26-11-12-30(49-9)32(18-26)50-16-10-15-48-8)19-29-31(20-28(25(3)4)34(44)41-21-38(5,6)36(39)46)51-22-43(29)37(47)53-23-52-35(45)33-40-13-14-42(33)7/h11-14,18,24-25,27-29,31H,10,15-17,19-23H2,1-9H3,(H2,39,46)(H,41,44)/t27-,28-,29-,31-/m0/s1. The first kappa shape index (κ1) is 43.0. The highest BCUT2D eigenvalue weighted by Gasteiger charge is 2.43. The van der Waals surface area contributed by atoms with E-state index in [0.29, 0.717) is 44.0 Å².